The van der Waals surface area contributed by atoms with Crippen LogP contribution in [-0.2, 0) is 24.7 Å². The van der Waals surface area contributed by atoms with Gasteiger partial charge in [-0.3, -0.25) is 14.4 Å². The number of tetrazole rings is 1. The molecule has 0 aromatic carbocycles. The second-order valence-corrected chi connectivity index (χ2v) is 12.0. The summed E-state index contributed by atoms with van der Waals surface area (Å²) in [6.07, 6.45) is 2.12. The molecule has 0 saturated carbocycles. The van der Waals surface area contributed by atoms with E-state index in [0.717, 1.165) is 0 Å². The van der Waals surface area contributed by atoms with E-state index >= 15 is 0 Å². The Balaban J connectivity index is 1.47. The Bertz CT molecular complexity index is 1100. The standard InChI is InChI=1S/C23H33N7O5S/c1-11(7-15(31)23(3,4)29-10-25-26-27-29)16-17-12(2)19(18(22(34)35)30(17)21(16)33)36-13-8-14(24-9-13)20(32)28(5)6/h10-14,16-17,24H,7-9H2,1-6H3,(H,34,35)/t11-,12+,13?,14-,16+,17+/m0/s1. The van der Waals surface area contributed by atoms with Gasteiger partial charge in [0.1, 0.15) is 17.6 Å². The molecule has 6 atom stereocenters. The average molecular weight is 520 g/mol. The van der Waals surface area contributed by atoms with Crippen molar-refractivity contribution in [2.45, 2.75) is 63.4 Å². The molecule has 0 radical (unpaired) electrons. The molecule has 2 N–H and O–H groups in total. The van der Waals surface area contributed by atoms with Gasteiger partial charge in [-0.2, -0.15) is 0 Å². The van der Waals surface area contributed by atoms with Gasteiger partial charge in [-0.15, -0.1) is 16.9 Å². The number of carboxylic acids is 1. The third-order valence-corrected chi connectivity index (χ3v) is 9.15. The number of β-lactam (4-membered cyclic amide) rings is 1. The maximum atomic E-state index is 13.2. The van der Waals surface area contributed by atoms with Crippen LogP contribution in [-0.4, -0.2) is 96.7 Å². The van der Waals surface area contributed by atoms with E-state index in [9.17, 15) is 24.3 Å². The van der Waals surface area contributed by atoms with Crippen LogP contribution in [0.5, 0.6) is 0 Å². The van der Waals surface area contributed by atoms with Crippen molar-refractivity contribution in [3.63, 3.8) is 0 Å². The van der Waals surface area contributed by atoms with Crippen LogP contribution in [0, 0.1) is 17.8 Å². The molecule has 4 rings (SSSR count). The topological polar surface area (TPSA) is 151 Å². The number of nitrogens with zero attached hydrogens (tertiary/aromatic N) is 6. The molecule has 36 heavy (non-hydrogen) atoms. The minimum atomic E-state index is -1.13. The lowest BCUT2D eigenvalue weighted by Gasteiger charge is -2.48. The Morgan fingerprint density at radius 2 is 2.03 bits per heavy atom. The molecule has 12 nitrogen and oxygen atoms in total. The highest BCUT2D eigenvalue weighted by Crippen LogP contribution is 2.53. The van der Waals surface area contributed by atoms with Crippen molar-refractivity contribution < 1.29 is 24.3 Å². The number of amides is 2. The summed E-state index contributed by atoms with van der Waals surface area (Å²) in [7, 11) is 3.42. The number of ketones is 1. The summed E-state index contributed by atoms with van der Waals surface area (Å²) in [6, 6.07) is -0.609. The second kappa shape index (κ2) is 9.58. The fourth-order valence-electron chi connectivity index (χ4n) is 5.45. The molecule has 3 aliphatic rings. The van der Waals surface area contributed by atoms with E-state index < -0.39 is 17.4 Å². The van der Waals surface area contributed by atoms with Crippen molar-refractivity contribution in [2.24, 2.45) is 17.8 Å². The highest BCUT2D eigenvalue weighted by atomic mass is 32.2. The summed E-state index contributed by atoms with van der Waals surface area (Å²) in [4.78, 5) is 54.5. The molecule has 2 saturated heterocycles. The first-order chi connectivity index (χ1) is 16.9. The molecule has 2 fully saturated rings. The summed E-state index contributed by atoms with van der Waals surface area (Å²) in [5.74, 6) is -2.41. The Morgan fingerprint density at radius 3 is 2.61 bits per heavy atom. The zero-order valence-corrected chi connectivity index (χ0v) is 22.2. The molecule has 2 amide bonds. The first-order valence-electron chi connectivity index (χ1n) is 12.0. The number of fused-ring (bicyclic) bond motifs is 1. The molecule has 0 aliphatic carbocycles. The molecule has 13 heteroatoms. The number of rotatable bonds is 9. The third-order valence-electron chi connectivity index (χ3n) is 7.64. The van der Waals surface area contributed by atoms with Crippen LogP contribution in [0.1, 0.15) is 40.5 Å². The predicted octanol–water partition coefficient (Wildman–Crippen LogP) is 0.328. The van der Waals surface area contributed by atoms with Gasteiger partial charge >= 0.3 is 5.97 Å². The Kier molecular flexibility index (Phi) is 6.99. The number of aromatic nitrogens is 4. The Hall–Kier alpha value is -2.80. The van der Waals surface area contributed by atoms with E-state index in [1.54, 1.807) is 32.8 Å². The van der Waals surface area contributed by atoms with Gasteiger partial charge in [-0.05, 0) is 36.6 Å². The number of likely N-dealkylation sites (N-methyl/N-ethyl adjacent to an activating group) is 1. The van der Waals surface area contributed by atoms with Gasteiger partial charge in [-0.25, -0.2) is 9.48 Å². The molecular weight excluding hydrogens is 486 g/mol. The maximum Gasteiger partial charge on any atom is 0.353 e. The lowest BCUT2D eigenvalue weighted by molar-refractivity contribution is -0.160. The third kappa shape index (κ3) is 4.32. The summed E-state index contributed by atoms with van der Waals surface area (Å²) in [5, 5.41) is 24.3. The highest BCUT2D eigenvalue weighted by Gasteiger charge is 2.60. The minimum absolute atomic E-state index is 0.00726. The maximum absolute atomic E-state index is 13.2. The quantitative estimate of drug-likeness (QED) is 0.437. The fourth-order valence-corrected chi connectivity index (χ4v) is 6.93. The van der Waals surface area contributed by atoms with E-state index in [-0.39, 0.29) is 58.9 Å². The van der Waals surface area contributed by atoms with Crippen LogP contribution in [0.3, 0.4) is 0 Å². The number of carbonyl (C=O) groups is 4. The van der Waals surface area contributed by atoms with Crippen LogP contribution < -0.4 is 5.32 Å². The van der Waals surface area contributed by atoms with Gasteiger partial charge in [-0.1, -0.05) is 13.8 Å². The van der Waals surface area contributed by atoms with Crippen molar-refractivity contribution >= 4 is 35.3 Å². The minimum Gasteiger partial charge on any atom is -0.477 e. The SMILES string of the molecule is C[C@@H](CC(=O)C(C)(C)n1cnnn1)[C@H]1C(=O)N2C(C(=O)O)=C(SC3CN[C@H](C(=O)N(C)C)C3)[C@H](C)[C@H]12. The van der Waals surface area contributed by atoms with Crippen LogP contribution >= 0.6 is 11.8 Å². The number of carboxylic acid groups (broad SMARTS) is 1. The fraction of sp³-hybridized carbons (Fsp3) is 0.696. The normalized spacial score (nSPS) is 28.7. The first kappa shape index (κ1) is 26.3. The lowest BCUT2D eigenvalue weighted by Crippen LogP contribution is -2.62. The predicted molar refractivity (Wildman–Crippen MR) is 130 cm³/mol. The van der Waals surface area contributed by atoms with E-state index in [0.29, 0.717) is 17.9 Å². The van der Waals surface area contributed by atoms with Crippen LogP contribution in [0.4, 0.5) is 0 Å². The number of aliphatic carboxylic acids is 1. The van der Waals surface area contributed by atoms with Gasteiger partial charge in [0.25, 0.3) is 0 Å². The molecule has 1 unspecified atom stereocenters. The number of hydrogen-bond acceptors (Lipinski definition) is 9. The van der Waals surface area contributed by atoms with Gasteiger partial charge in [0.05, 0.1) is 18.0 Å². The molecule has 0 spiro atoms. The van der Waals surface area contributed by atoms with Gasteiger partial charge in [0.15, 0.2) is 5.78 Å². The van der Waals surface area contributed by atoms with Gasteiger partial charge in [0, 0.05) is 43.1 Å². The Labute approximate surface area is 213 Å². The van der Waals surface area contributed by atoms with Gasteiger partial charge < -0.3 is 20.2 Å². The van der Waals surface area contributed by atoms with Crippen LogP contribution in [0.25, 0.3) is 0 Å². The lowest BCUT2D eigenvalue weighted by atomic mass is 9.72. The summed E-state index contributed by atoms with van der Waals surface area (Å²) < 4.78 is 1.40. The zero-order chi connectivity index (χ0) is 26.5. The highest BCUT2D eigenvalue weighted by molar-refractivity contribution is 8.03. The number of Topliss-reactive ketones (excluding diaryl/α,β-unsaturated/α-hetero) is 1. The second-order valence-electron chi connectivity index (χ2n) is 10.6. The van der Waals surface area contributed by atoms with E-state index in [4.69, 9.17) is 0 Å². The number of carbonyl (C=O) groups excluding carboxylic acids is 3. The summed E-state index contributed by atoms with van der Waals surface area (Å²) in [5.41, 5.74) is -0.929. The molecule has 196 valence electrons. The molecule has 1 aromatic rings. The molecule has 4 heterocycles. The van der Waals surface area contributed by atoms with Crippen LogP contribution in [0.2, 0.25) is 0 Å². The molecular formula is C23H33N7O5S. The van der Waals surface area contributed by atoms with Crippen LogP contribution in [0.15, 0.2) is 16.9 Å². The van der Waals surface area contributed by atoms with Crippen molar-refractivity contribution in [1.29, 1.82) is 0 Å². The first-order valence-corrected chi connectivity index (χ1v) is 12.9. The van der Waals surface area contributed by atoms with Gasteiger partial charge in [0.2, 0.25) is 11.8 Å². The van der Waals surface area contributed by atoms with Crippen molar-refractivity contribution in [3.8, 4) is 0 Å². The van der Waals surface area contributed by atoms with Crippen molar-refractivity contribution in [2.75, 3.05) is 20.6 Å². The largest absolute Gasteiger partial charge is 0.477 e. The Morgan fingerprint density at radius 1 is 1.33 bits per heavy atom. The average Bonchev–Trinajstić information content (AvgIpc) is 3.54. The van der Waals surface area contributed by atoms with E-state index in [2.05, 4.69) is 20.8 Å². The number of hydrogen-bond donors (Lipinski definition) is 2. The summed E-state index contributed by atoms with van der Waals surface area (Å²) >= 11 is 1.45. The molecule has 1 aromatic heterocycles. The van der Waals surface area contributed by atoms with Crippen molar-refractivity contribution in [3.05, 3.63) is 16.9 Å². The molecule has 3 aliphatic heterocycles. The van der Waals surface area contributed by atoms with Crippen molar-refractivity contribution in [1.82, 2.24) is 35.3 Å². The summed E-state index contributed by atoms with van der Waals surface area (Å²) in [6.45, 7) is 7.85. The molecule has 0 bridgehead atoms. The number of thioether (sulfide) groups is 1. The smallest absolute Gasteiger partial charge is 0.353 e. The number of nitrogens with one attached hydrogen (secondary N) is 1. The zero-order valence-electron chi connectivity index (χ0n) is 21.3. The van der Waals surface area contributed by atoms with E-state index in [1.165, 1.54) is 27.7 Å². The van der Waals surface area contributed by atoms with E-state index in [1.807, 2.05) is 13.8 Å². The monoisotopic (exact) mass is 519 g/mol.